The minimum Gasteiger partial charge on any atom is -0.378 e. The van der Waals surface area contributed by atoms with Crippen LogP contribution >= 0.6 is 0 Å². The first kappa shape index (κ1) is 30.3. The van der Waals surface area contributed by atoms with E-state index >= 15 is 0 Å². The van der Waals surface area contributed by atoms with Crippen LogP contribution in [0.1, 0.15) is 25.7 Å². The second kappa shape index (κ2) is 14.8. The average molecular weight is 569 g/mol. The molecule has 0 aliphatic carbocycles. The van der Waals surface area contributed by atoms with Crippen molar-refractivity contribution in [3.05, 3.63) is 72.5 Å². The molecule has 1 aliphatic heterocycles. The molecule has 4 amide bonds. The highest BCUT2D eigenvalue weighted by atomic mass is 32.2. The molecule has 0 aromatic heterocycles. The van der Waals surface area contributed by atoms with E-state index < -0.39 is 22.0 Å². The molecule has 0 bridgehead atoms. The third-order valence-corrected chi connectivity index (χ3v) is 7.29. The van der Waals surface area contributed by atoms with Crippen molar-refractivity contribution >= 4 is 44.9 Å². The normalized spacial score (nSPS) is 13.9. The Hall–Kier alpha value is -4.20. The first-order valence-electron chi connectivity index (χ1n) is 12.8. The van der Waals surface area contributed by atoms with Gasteiger partial charge in [0.15, 0.2) is 0 Å². The highest BCUT2D eigenvalue weighted by Crippen LogP contribution is 2.22. The highest BCUT2D eigenvalue weighted by Gasteiger charge is 2.20. The van der Waals surface area contributed by atoms with Crippen LogP contribution in [0.25, 0.3) is 0 Å². The number of urea groups is 1. The number of sulfonamides is 1. The highest BCUT2D eigenvalue weighted by molar-refractivity contribution is 7.89. The van der Waals surface area contributed by atoms with Crippen molar-refractivity contribution in [2.24, 2.45) is 10.2 Å². The number of rotatable bonds is 14. The van der Waals surface area contributed by atoms with Crippen molar-refractivity contribution in [2.45, 2.75) is 30.6 Å². The molecular weight excluding hydrogens is 534 g/mol. The number of quaternary nitrogens is 1. The summed E-state index contributed by atoms with van der Waals surface area (Å²) in [5.74, 6) is -0.891. The van der Waals surface area contributed by atoms with Gasteiger partial charge in [0.2, 0.25) is 15.9 Å². The van der Waals surface area contributed by atoms with Crippen LogP contribution in [0.4, 0.5) is 21.9 Å². The van der Waals surface area contributed by atoms with E-state index in [1.165, 1.54) is 35.8 Å². The third kappa shape index (κ3) is 9.84. The van der Waals surface area contributed by atoms with Crippen molar-refractivity contribution in [1.82, 2.24) is 15.4 Å². The lowest BCUT2D eigenvalue weighted by molar-refractivity contribution is -0.483. The molecule has 212 valence electrons. The number of carbonyl (C=O) groups excluding carboxylic acids is 3. The predicted octanol–water partition coefficient (Wildman–Crippen LogP) is 2.38. The molecule has 13 heteroatoms. The number of nitrogens with zero attached hydrogens (tertiary/aromatic N) is 3. The number of primary amides is 1. The van der Waals surface area contributed by atoms with E-state index in [2.05, 4.69) is 25.6 Å². The average Bonchev–Trinajstić information content (AvgIpc) is 2.93. The monoisotopic (exact) mass is 568 g/mol. The SMILES string of the molecule is CN(C)c1ccc(N=Nc2ccc(S(=O)(=O)NCCCCCCNC(=O)/C=C/C3=C[NH2+]C(=O)NC3=O)cc2)cc1. The zero-order chi connectivity index (χ0) is 29.0. The standard InChI is InChI=1S/C27H33N7O5S/c1-34(2)23-12-8-21(9-13-23)32-33-22-10-14-24(15-11-22)40(38,39)30-18-6-4-3-5-17-28-25(35)16-7-20-19-29-27(37)31-26(20)36/h7-16,19,30H,3-6,17-18H2,1-2H3,(H,28,35)(H2,29,31,36,37)/p+1/b16-7+,33-32?. The molecule has 40 heavy (non-hydrogen) atoms. The molecule has 0 saturated carbocycles. The molecule has 5 N–H and O–H groups in total. The molecule has 2 aromatic rings. The lowest BCUT2D eigenvalue weighted by Gasteiger charge is -2.11. The quantitative estimate of drug-likeness (QED) is 0.155. The van der Waals surface area contributed by atoms with Crippen LogP contribution in [0.2, 0.25) is 0 Å². The fraction of sp³-hybridized carbons (Fsp3) is 0.296. The van der Waals surface area contributed by atoms with Gasteiger partial charge in [-0.25, -0.2) is 28.6 Å². The minimum absolute atomic E-state index is 0.156. The Kier molecular flexibility index (Phi) is 11.2. The fourth-order valence-electron chi connectivity index (χ4n) is 3.55. The zero-order valence-electron chi connectivity index (χ0n) is 22.5. The van der Waals surface area contributed by atoms with Crippen LogP contribution in [0.5, 0.6) is 0 Å². The first-order chi connectivity index (χ1) is 19.1. The van der Waals surface area contributed by atoms with Gasteiger partial charge in [-0.05, 0) is 67.4 Å². The lowest BCUT2D eigenvalue weighted by Crippen LogP contribution is -2.88. The van der Waals surface area contributed by atoms with Gasteiger partial charge in [0.1, 0.15) is 6.20 Å². The van der Waals surface area contributed by atoms with Crippen LogP contribution in [0.3, 0.4) is 0 Å². The zero-order valence-corrected chi connectivity index (χ0v) is 23.3. The third-order valence-electron chi connectivity index (χ3n) is 5.82. The van der Waals surface area contributed by atoms with Gasteiger partial charge in [0, 0.05) is 38.9 Å². The van der Waals surface area contributed by atoms with E-state index in [9.17, 15) is 22.8 Å². The van der Waals surface area contributed by atoms with Crippen molar-refractivity contribution in [3.63, 3.8) is 0 Å². The molecule has 2 aromatic carbocycles. The van der Waals surface area contributed by atoms with E-state index in [0.717, 1.165) is 24.9 Å². The van der Waals surface area contributed by atoms with Crippen LogP contribution in [0, 0.1) is 0 Å². The van der Waals surface area contributed by atoms with E-state index in [4.69, 9.17) is 0 Å². The van der Waals surface area contributed by atoms with E-state index in [1.807, 2.05) is 43.3 Å². The fourth-order valence-corrected chi connectivity index (χ4v) is 4.63. The Morgan fingerprint density at radius 1 is 0.925 bits per heavy atom. The number of nitrogens with two attached hydrogens (primary N) is 1. The Balaban J connectivity index is 1.31. The number of benzene rings is 2. The summed E-state index contributed by atoms with van der Waals surface area (Å²) in [5, 5.41) is 14.4. The topological polar surface area (TPSA) is 166 Å². The van der Waals surface area contributed by atoms with Gasteiger partial charge in [-0.1, -0.05) is 12.8 Å². The van der Waals surface area contributed by atoms with Crippen LogP contribution < -0.4 is 25.6 Å². The molecule has 0 radical (unpaired) electrons. The van der Waals surface area contributed by atoms with E-state index in [-0.39, 0.29) is 16.4 Å². The summed E-state index contributed by atoms with van der Waals surface area (Å²) in [6.45, 7) is 0.758. The summed E-state index contributed by atoms with van der Waals surface area (Å²) in [6.07, 6.45) is 6.94. The van der Waals surface area contributed by atoms with Gasteiger partial charge in [0.25, 0.3) is 5.91 Å². The number of nitrogens with one attached hydrogen (secondary N) is 3. The molecule has 3 rings (SSSR count). The maximum Gasteiger partial charge on any atom is 0.424 e. The molecule has 0 saturated heterocycles. The maximum absolute atomic E-state index is 12.6. The summed E-state index contributed by atoms with van der Waals surface area (Å²) in [6, 6.07) is 13.3. The van der Waals surface area contributed by atoms with Crippen molar-refractivity contribution in [2.75, 3.05) is 32.1 Å². The molecule has 0 unspecified atom stereocenters. The van der Waals surface area contributed by atoms with Crippen LogP contribution in [-0.4, -0.2) is 53.4 Å². The predicted molar refractivity (Wildman–Crippen MR) is 151 cm³/mol. The van der Waals surface area contributed by atoms with Crippen molar-refractivity contribution in [1.29, 1.82) is 0 Å². The summed E-state index contributed by atoms with van der Waals surface area (Å²) in [5.41, 5.74) is 2.52. The van der Waals surface area contributed by atoms with E-state index in [1.54, 1.807) is 12.1 Å². The van der Waals surface area contributed by atoms with Gasteiger partial charge in [0.05, 0.1) is 21.8 Å². The van der Waals surface area contributed by atoms with Crippen LogP contribution in [0.15, 0.2) is 87.6 Å². The maximum atomic E-state index is 12.6. The number of amides is 4. The Morgan fingerprint density at radius 3 is 2.12 bits per heavy atom. The van der Waals surface area contributed by atoms with Crippen molar-refractivity contribution in [3.8, 4) is 0 Å². The number of carbonyl (C=O) groups is 3. The molecule has 1 heterocycles. The first-order valence-corrected chi connectivity index (χ1v) is 14.3. The second-order valence-electron chi connectivity index (χ2n) is 9.15. The summed E-state index contributed by atoms with van der Waals surface area (Å²) in [7, 11) is 0.282. The summed E-state index contributed by atoms with van der Waals surface area (Å²) in [4.78, 5) is 36.7. The van der Waals surface area contributed by atoms with Gasteiger partial charge < -0.3 is 10.2 Å². The lowest BCUT2D eigenvalue weighted by atomic mass is 10.2. The Labute approximate surface area is 233 Å². The van der Waals surface area contributed by atoms with Gasteiger partial charge in [-0.3, -0.25) is 9.59 Å². The molecule has 12 nitrogen and oxygen atoms in total. The number of anilines is 1. The molecule has 0 spiro atoms. The Bertz CT molecular complexity index is 1380. The largest absolute Gasteiger partial charge is 0.424 e. The summed E-state index contributed by atoms with van der Waals surface area (Å²) < 4.78 is 27.7. The van der Waals surface area contributed by atoms with Gasteiger partial charge in [-0.2, -0.15) is 10.2 Å². The number of hydrogen-bond acceptors (Lipinski definition) is 8. The van der Waals surface area contributed by atoms with Crippen LogP contribution in [-0.2, 0) is 19.6 Å². The summed E-state index contributed by atoms with van der Waals surface area (Å²) >= 11 is 0. The number of hydrogen-bond donors (Lipinski definition) is 4. The smallest absolute Gasteiger partial charge is 0.378 e. The molecule has 0 fully saturated rings. The number of azo groups is 1. The van der Waals surface area contributed by atoms with Crippen molar-refractivity contribution < 1.29 is 28.1 Å². The molecule has 1 aliphatic rings. The van der Waals surface area contributed by atoms with Gasteiger partial charge in [-0.15, -0.1) is 0 Å². The number of imide groups is 1. The van der Waals surface area contributed by atoms with E-state index in [0.29, 0.717) is 30.9 Å². The van der Waals surface area contributed by atoms with Gasteiger partial charge >= 0.3 is 6.03 Å². The molecule has 0 atom stereocenters. The molecular formula is C27H34N7O5S+. The minimum atomic E-state index is -3.63. The second-order valence-corrected chi connectivity index (χ2v) is 10.9. The Morgan fingerprint density at radius 2 is 1.52 bits per heavy atom. The number of unbranched alkanes of at least 4 members (excludes halogenated alkanes) is 3.